The molecule has 0 aliphatic heterocycles. The van der Waals surface area contributed by atoms with Gasteiger partial charge in [0.15, 0.2) is 6.10 Å². The van der Waals surface area contributed by atoms with E-state index in [1.165, 1.54) is 24.3 Å². The van der Waals surface area contributed by atoms with Gasteiger partial charge in [-0.15, -0.1) is 0 Å². The Hall–Kier alpha value is -1.42. The molecule has 0 unspecified atom stereocenters. The SMILES string of the molecule is CC(C)OC(=O)[C@@H](O)c1ccc(F)cc1. The minimum absolute atomic E-state index is 0.285. The van der Waals surface area contributed by atoms with Crippen LogP contribution in [-0.4, -0.2) is 17.2 Å². The van der Waals surface area contributed by atoms with Crippen LogP contribution in [0.3, 0.4) is 0 Å². The zero-order valence-electron chi connectivity index (χ0n) is 8.61. The maximum atomic E-state index is 12.6. The summed E-state index contributed by atoms with van der Waals surface area (Å²) in [6.45, 7) is 3.38. The van der Waals surface area contributed by atoms with Crippen molar-refractivity contribution in [3.63, 3.8) is 0 Å². The molecule has 0 amide bonds. The normalized spacial score (nSPS) is 12.6. The van der Waals surface area contributed by atoms with Gasteiger partial charge >= 0.3 is 5.97 Å². The van der Waals surface area contributed by atoms with E-state index < -0.39 is 17.9 Å². The Morgan fingerprint density at radius 3 is 2.33 bits per heavy atom. The Morgan fingerprint density at radius 1 is 1.33 bits per heavy atom. The first-order valence-electron chi connectivity index (χ1n) is 4.64. The highest BCUT2D eigenvalue weighted by Gasteiger charge is 2.19. The second-order valence-corrected chi connectivity index (χ2v) is 3.44. The monoisotopic (exact) mass is 212 g/mol. The fourth-order valence-corrected chi connectivity index (χ4v) is 1.08. The van der Waals surface area contributed by atoms with E-state index in [-0.39, 0.29) is 6.10 Å². The van der Waals surface area contributed by atoms with E-state index >= 15 is 0 Å². The quantitative estimate of drug-likeness (QED) is 0.777. The van der Waals surface area contributed by atoms with E-state index in [0.29, 0.717) is 5.56 Å². The second kappa shape index (κ2) is 4.89. The van der Waals surface area contributed by atoms with Crippen molar-refractivity contribution >= 4 is 5.97 Å². The fraction of sp³-hybridized carbons (Fsp3) is 0.364. The van der Waals surface area contributed by atoms with E-state index in [9.17, 15) is 14.3 Å². The van der Waals surface area contributed by atoms with Crippen LogP contribution in [0.1, 0.15) is 25.5 Å². The van der Waals surface area contributed by atoms with Gasteiger partial charge in [-0.2, -0.15) is 0 Å². The van der Waals surface area contributed by atoms with Crippen molar-refractivity contribution in [2.24, 2.45) is 0 Å². The van der Waals surface area contributed by atoms with Gasteiger partial charge in [-0.25, -0.2) is 9.18 Å². The van der Waals surface area contributed by atoms with Crippen LogP contribution in [0, 0.1) is 5.82 Å². The van der Waals surface area contributed by atoms with Gasteiger partial charge in [0, 0.05) is 0 Å². The number of hydrogen-bond acceptors (Lipinski definition) is 3. The molecule has 1 aromatic carbocycles. The maximum Gasteiger partial charge on any atom is 0.339 e. The Morgan fingerprint density at radius 2 is 1.87 bits per heavy atom. The lowest BCUT2D eigenvalue weighted by atomic mass is 10.1. The topological polar surface area (TPSA) is 46.5 Å². The predicted octanol–water partition coefficient (Wildman–Crippen LogP) is 1.81. The van der Waals surface area contributed by atoms with E-state index in [0.717, 1.165) is 0 Å². The summed E-state index contributed by atoms with van der Waals surface area (Å²) < 4.78 is 17.4. The van der Waals surface area contributed by atoms with Gasteiger partial charge in [0.05, 0.1) is 6.10 Å². The lowest BCUT2D eigenvalue weighted by molar-refractivity contribution is -0.157. The van der Waals surface area contributed by atoms with Crippen molar-refractivity contribution in [3.05, 3.63) is 35.6 Å². The first-order valence-corrected chi connectivity index (χ1v) is 4.64. The minimum atomic E-state index is -1.35. The van der Waals surface area contributed by atoms with Crippen molar-refractivity contribution in [2.45, 2.75) is 26.1 Å². The van der Waals surface area contributed by atoms with Gasteiger partial charge in [-0.05, 0) is 31.5 Å². The molecule has 0 saturated heterocycles. The summed E-state index contributed by atoms with van der Waals surface area (Å²) >= 11 is 0. The standard InChI is InChI=1S/C11H13FO3/c1-7(2)15-11(14)10(13)8-3-5-9(12)6-4-8/h3-7,10,13H,1-2H3/t10-/m0/s1. The molecule has 0 radical (unpaired) electrons. The minimum Gasteiger partial charge on any atom is -0.461 e. The van der Waals surface area contributed by atoms with Gasteiger partial charge in [0.1, 0.15) is 5.82 Å². The molecule has 0 fully saturated rings. The van der Waals surface area contributed by atoms with Crippen molar-refractivity contribution in [2.75, 3.05) is 0 Å². The highest BCUT2D eigenvalue weighted by Crippen LogP contribution is 2.15. The highest BCUT2D eigenvalue weighted by molar-refractivity contribution is 5.76. The van der Waals surface area contributed by atoms with Gasteiger partial charge in [0.25, 0.3) is 0 Å². The Labute approximate surface area is 87.5 Å². The molecule has 0 aliphatic rings. The van der Waals surface area contributed by atoms with Crippen molar-refractivity contribution < 1.29 is 19.0 Å². The van der Waals surface area contributed by atoms with Gasteiger partial charge in [-0.3, -0.25) is 0 Å². The number of benzene rings is 1. The third-order valence-electron chi connectivity index (χ3n) is 1.76. The zero-order chi connectivity index (χ0) is 11.4. The van der Waals surface area contributed by atoms with Crippen LogP contribution in [0.5, 0.6) is 0 Å². The predicted molar refractivity (Wildman–Crippen MR) is 52.6 cm³/mol. The highest BCUT2D eigenvalue weighted by atomic mass is 19.1. The summed E-state index contributed by atoms with van der Waals surface area (Å²) in [7, 11) is 0. The zero-order valence-corrected chi connectivity index (χ0v) is 8.61. The summed E-state index contributed by atoms with van der Waals surface area (Å²) in [5.41, 5.74) is 0.321. The molecular weight excluding hydrogens is 199 g/mol. The van der Waals surface area contributed by atoms with Gasteiger partial charge in [-0.1, -0.05) is 12.1 Å². The molecule has 82 valence electrons. The number of ether oxygens (including phenoxy) is 1. The average Bonchev–Trinajstić information content (AvgIpc) is 2.17. The largest absolute Gasteiger partial charge is 0.461 e. The summed E-state index contributed by atoms with van der Waals surface area (Å²) in [5.74, 6) is -1.14. The maximum absolute atomic E-state index is 12.6. The van der Waals surface area contributed by atoms with Crippen molar-refractivity contribution in [1.29, 1.82) is 0 Å². The van der Waals surface area contributed by atoms with Crippen LogP contribution in [0.25, 0.3) is 0 Å². The number of aliphatic hydroxyl groups excluding tert-OH is 1. The molecule has 1 rings (SSSR count). The van der Waals surface area contributed by atoms with E-state index in [1.54, 1.807) is 13.8 Å². The lowest BCUT2D eigenvalue weighted by Gasteiger charge is -2.13. The molecule has 1 N–H and O–H groups in total. The van der Waals surface area contributed by atoms with E-state index in [4.69, 9.17) is 4.74 Å². The van der Waals surface area contributed by atoms with Crippen LogP contribution >= 0.6 is 0 Å². The molecule has 4 heteroatoms. The molecule has 3 nitrogen and oxygen atoms in total. The van der Waals surface area contributed by atoms with Gasteiger partial charge < -0.3 is 9.84 Å². The number of hydrogen-bond donors (Lipinski definition) is 1. The fourth-order valence-electron chi connectivity index (χ4n) is 1.08. The molecule has 1 atom stereocenters. The molecule has 0 bridgehead atoms. The number of rotatable bonds is 3. The van der Waals surface area contributed by atoms with Gasteiger partial charge in [0.2, 0.25) is 0 Å². The first-order chi connectivity index (χ1) is 7.00. The third kappa shape index (κ3) is 3.32. The van der Waals surface area contributed by atoms with Crippen LogP contribution in [0.4, 0.5) is 4.39 Å². The molecule has 0 aliphatic carbocycles. The molecule has 0 saturated carbocycles. The molecule has 0 heterocycles. The molecule has 1 aromatic rings. The summed E-state index contributed by atoms with van der Waals surface area (Å²) in [4.78, 5) is 11.3. The Bertz CT molecular complexity index is 332. The Balaban J connectivity index is 2.71. The number of aliphatic hydroxyl groups is 1. The lowest BCUT2D eigenvalue weighted by Crippen LogP contribution is -2.19. The van der Waals surface area contributed by atoms with Crippen LogP contribution in [0.2, 0.25) is 0 Å². The first kappa shape index (κ1) is 11.7. The van der Waals surface area contributed by atoms with Crippen LogP contribution < -0.4 is 0 Å². The number of halogens is 1. The smallest absolute Gasteiger partial charge is 0.339 e. The van der Waals surface area contributed by atoms with Crippen molar-refractivity contribution in [3.8, 4) is 0 Å². The summed E-state index contributed by atoms with van der Waals surface area (Å²) in [6, 6.07) is 5.06. The average molecular weight is 212 g/mol. The number of carbonyl (C=O) groups excluding carboxylic acids is 1. The third-order valence-corrected chi connectivity index (χ3v) is 1.76. The molecule has 0 aromatic heterocycles. The number of carbonyl (C=O) groups is 1. The van der Waals surface area contributed by atoms with E-state index in [1.807, 2.05) is 0 Å². The molecular formula is C11H13FO3. The van der Waals surface area contributed by atoms with E-state index in [2.05, 4.69) is 0 Å². The van der Waals surface area contributed by atoms with Crippen LogP contribution in [0.15, 0.2) is 24.3 Å². The summed E-state index contributed by atoms with van der Waals surface area (Å²) in [6.07, 6.45) is -1.64. The molecule has 15 heavy (non-hydrogen) atoms. The number of esters is 1. The second-order valence-electron chi connectivity index (χ2n) is 3.44. The van der Waals surface area contributed by atoms with Crippen molar-refractivity contribution in [1.82, 2.24) is 0 Å². The molecule has 0 spiro atoms. The summed E-state index contributed by atoms with van der Waals surface area (Å²) in [5, 5.41) is 9.53. The Kier molecular flexibility index (Phi) is 3.80. The van der Waals surface area contributed by atoms with Crippen LogP contribution in [-0.2, 0) is 9.53 Å².